The summed E-state index contributed by atoms with van der Waals surface area (Å²) in [6, 6.07) is 7.07. The third-order valence-corrected chi connectivity index (χ3v) is 2.62. The second-order valence-corrected chi connectivity index (χ2v) is 3.57. The van der Waals surface area contributed by atoms with Gasteiger partial charge in [-0.2, -0.15) is 0 Å². The van der Waals surface area contributed by atoms with Crippen LogP contribution in [-0.2, 0) is 4.79 Å². The van der Waals surface area contributed by atoms with Gasteiger partial charge in [0, 0.05) is 5.92 Å². The first-order valence-electron chi connectivity index (χ1n) is 5.15. The second-order valence-electron chi connectivity index (χ2n) is 3.57. The zero-order valence-corrected chi connectivity index (χ0v) is 9.38. The van der Waals surface area contributed by atoms with Crippen molar-refractivity contribution in [2.45, 2.75) is 25.4 Å². The van der Waals surface area contributed by atoms with E-state index in [0.717, 1.165) is 5.56 Å². The SMILES string of the molecule is CCC(c1ccc(OC)cc1)C(O)C(=O)O. The third kappa shape index (κ3) is 2.73. The zero-order valence-electron chi connectivity index (χ0n) is 9.38. The van der Waals surface area contributed by atoms with Crippen LogP contribution < -0.4 is 4.74 Å². The molecule has 0 radical (unpaired) electrons. The molecule has 2 atom stereocenters. The summed E-state index contributed by atoms with van der Waals surface area (Å²) in [5, 5.41) is 18.3. The highest BCUT2D eigenvalue weighted by Crippen LogP contribution is 2.25. The first-order chi connectivity index (χ1) is 7.60. The Morgan fingerprint density at radius 2 is 1.94 bits per heavy atom. The molecule has 2 unspecified atom stereocenters. The number of aliphatic carboxylic acids is 1. The fraction of sp³-hybridized carbons (Fsp3) is 0.417. The first kappa shape index (κ1) is 12.5. The van der Waals surface area contributed by atoms with Gasteiger partial charge in [-0.1, -0.05) is 19.1 Å². The Hall–Kier alpha value is -1.55. The number of aliphatic hydroxyl groups excluding tert-OH is 1. The molecule has 2 N–H and O–H groups in total. The maximum absolute atomic E-state index is 10.7. The molecule has 1 aromatic rings. The summed E-state index contributed by atoms with van der Waals surface area (Å²) in [5.74, 6) is -0.866. The quantitative estimate of drug-likeness (QED) is 0.797. The van der Waals surface area contributed by atoms with Crippen molar-refractivity contribution in [3.05, 3.63) is 29.8 Å². The number of aliphatic hydroxyl groups is 1. The molecule has 0 aliphatic rings. The molecule has 0 fully saturated rings. The summed E-state index contributed by atoms with van der Waals surface area (Å²) in [4.78, 5) is 10.7. The summed E-state index contributed by atoms with van der Waals surface area (Å²) in [6.07, 6.45) is -0.793. The van der Waals surface area contributed by atoms with E-state index in [9.17, 15) is 9.90 Å². The van der Waals surface area contributed by atoms with Crippen molar-refractivity contribution in [1.82, 2.24) is 0 Å². The lowest BCUT2D eigenvalue weighted by Gasteiger charge is -2.18. The number of methoxy groups -OCH3 is 1. The average Bonchev–Trinajstić information content (AvgIpc) is 2.30. The van der Waals surface area contributed by atoms with Crippen LogP contribution in [0.3, 0.4) is 0 Å². The molecule has 0 spiro atoms. The van der Waals surface area contributed by atoms with Gasteiger partial charge in [-0.3, -0.25) is 0 Å². The topological polar surface area (TPSA) is 66.8 Å². The summed E-state index contributed by atoms with van der Waals surface area (Å²) < 4.78 is 5.01. The van der Waals surface area contributed by atoms with E-state index in [1.54, 1.807) is 31.4 Å². The molecule has 4 heteroatoms. The minimum Gasteiger partial charge on any atom is -0.497 e. The standard InChI is InChI=1S/C12H16O4/c1-3-10(11(13)12(14)15)8-4-6-9(16-2)7-5-8/h4-7,10-11,13H,3H2,1-2H3,(H,14,15). The number of hydrogen-bond donors (Lipinski definition) is 2. The molecule has 4 nitrogen and oxygen atoms in total. The molecule has 0 saturated carbocycles. The van der Waals surface area contributed by atoms with Crippen LogP contribution in [0.4, 0.5) is 0 Å². The Balaban J connectivity index is 2.90. The van der Waals surface area contributed by atoms with Gasteiger partial charge in [0.2, 0.25) is 0 Å². The Labute approximate surface area is 94.5 Å². The van der Waals surface area contributed by atoms with Crippen LogP contribution in [0.25, 0.3) is 0 Å². The lowest BCUT2D eigenvalue weighted by atomic mass is 9.91. The molecule has 0 heterocycles. The van der Waals surface area contributed by atoms with Crippen LogP contribution in [0.15, 0.2) is 24.3 Å². The van der Waals surface area contributed by atoms with Gasteiger partial charge in [0.25, 0.3) is 0 Å². The van der Waals surface area contributed by atoms with Crippen molar-refractivity contribution in [2.75, 3.05) is 7.11 Å². The molecule has 0 aromatic heterocycles. The van der Waals surface area contributed by atoms with Crippen LogP contribution in [0.1, 0.15) is 24.8 Å². The zero-order chi connectivity index (χ0) is 12.1. The normalized spacial score (nSPS) is 14.2. The highest BCUT2D eigenvalue weighted by molar-refractivity contribution is 5.73. The van der Waals surface area contributed by atoms with E-state index in [-0.39, 0.29) is 5.92 Å². The van der Waals surface area contributed by atoms with Crippen LogP contribution in [0, 0.1) is 0 Å². The summed E-state index contributed by atoms with van der Waals surface area (Å²) in [7, 11) is 1.57. The first-order valence-corrected chi connectivity index (χ1v) is 5.15. The van der Waals surface area contributed by atoms with E-state index < -0.39 is 12.1 Å². The van der Waals surface area contributed by atoms with E-state index >= 15 is 0 Å². The molecule has 0 bridgehead atoms. The van der Waals surface area contributed by atoms with E-state index in [1.807, 2.05) is 6.92 Å². The monoisotopic (exact) mass is 224 g/mol. The van der Waals surface area contributed by atoms with E-state index in [0.29, 0.717) is 12.2 Å². The molecule has 0 amide bonds. The highest BCUT2D eigenvalue weighted by atomic mass is 16.5. The number of carboxylic acid groups (broad SMARTS) is 1. The largest absolute Gasteiger partial charge is 0.497 e. The van der Waals surface area contributed by atoms with Crippen LogP contribution in [0.5, 0.6) is 5.75 Å². The van der Waals surface area contributed by atoms with Gasteiger partial charge in [0.05, 0.1) is 7.11 Å². The number of hydrogen-bond acceptors (Lipinski definition) is 3. The van der Waals surface area contributed by atoms with Crippen LogP contribution in [-0.4, -0.2) is 29.4 Å². The minimum absolute atomic E-state index is 0.386. The van der Waals surface area contributed by atoms with Crippen molar-refractivity contribution >= 4 is 5.97 Å². The van der Waals surface area contributed by atoms with Crippen molar-refractivity contribution in [2.24, 2.45) is 0 Å². The summed E-state index contributed by atoms with van der Waals surface area (Å²) in [6.45, 7) is 1.85. The van der Waals surface area contributed by atoms with Crippen LogP contribution in [0.2, 0.25) is 0 Å². The smallest absolute Gasteiger partial charge is 0.333 e. The van der Waals surface area contributed by atoms with Gasteiger partial charge in [0.1, 0.15) is 5.75 Å². The minimum atomic E-state index is -1.36. The second kappa shape index (κ2) is 5.51. The van der Waals surface area contributed by atoms with Gasteiger partial charge < -0.3 is 14.9 Å². The molecule has 0 saturated heterocycles. The van der Waals surface area contributed by atoms with Crippen molar-refractivity contribution < 1.29 is 19.7 Å². The molecule has 0 aliphatic carbocycles. The van der Waals surface area contributed by atoms with Gasteiger partial charge >= 0.3 is 5.97 Å². The number of carboxylic acids is 1. The van der Waals surface area contributed by atoms with E-state index in [2.05, 4.69) is 0 Å². The maximum atomic E-state index is 10.7. The molecule has 88 valence electrons. The lowest BCUT2D eigenvalue weighted by Crippen LogP contribution is -2.27. The Morgan fingerprint density at radius 3 is 2.31 bits per heavy atom. The molecule has 0 aliphatic heterocycles. The predicted octanol–water partition coefficient (Wildman–Crippen LogP) is 1.63. The summed E-state index contributed by atoms with van der Waals surface area (Å²) in [5.41, 5.74) is 0.804. The van der Waals surface area contributed by atoms with Gasteiger partial charge in [-0.05, 0) is 24.1 Å². The fourth-order valence-electron chi connectivity index (χ4n) is 1.66. The van der Waals surface area contributed by atoms with Crippen LogP contribution >= 0.6 is 0 Å². The number of ether oxygens (including phenoxy) is 1. The van der Waals surface area contributed by atoms with Crippen molar-refractivity contribution in [3.8, 4) is 5.75 Å². The maximum Gasteiger partial charge on any atom is 0.333 e. The van der Waals surface area contributed by atoms with Gasteiger partial charge in [0.15, 0.2) is 6.10 Å². The number of benzene rings is 1. The molecule has 1 aromatic carbocycles. The fourth-order valence-corrected chi connectivity index (χ4v) is 1.66. The van der Waals surface area contributed by atoms with Crippen molar-refractivity contribution in [3.63, 3.8) is 0 Å². The highest BCUT2D eigenvalue weighted by Gasteiger charge is 2.25. The third-order valence-electron chi connectivity index (χ3n) is 2.62. The van der Waals surface area contributed by atoms with E-state index in [4.69, 9.17) is 9.84 Å². The number of carbonyl (C=O) groups is 1. The molecule has 1 rings (SSSR count). The molecular weight excluding hydrogens is 208 g/mol. The number of rotatable bonds is 5. The summed E-state index contributed by atoms with van der Waals surface area (Å²) >= 11 is 0. The predicted molar refractivity (Wildman–Crippen MR) is 59.7 cm³/mol. The Morgan fingerprint density at radius 1 is 1.38 bits per heavy atom. The average molecular weight is 224 g/mol. The van der Waals surface area contributed by atoms with E-state index in [1.165, 1.54) is 0 Å². The lowest BCUT2D eigenvalue weighted by molar-refractivity contribution is -0.147. The Bertz CT molecular complexity index is 345. The van der Waals surface area contributed by atoms with Gasteiger partial charge in [-0.15, -0.1) is 0 Å². The Kier molecular flexibility index (Phi) is 4.31. The molecule has 16 heavy (non-hydrogen) atoms. The van der Waals surface area contributed by atoms with Crippen molar-refractivity contribution in [1.29, 1.82) is 0 Å². The van der Waals surface area contributed by atoms with Gasteiger partial charge in [-0.25, -0.2) is 4.79 Å². The molecular formula is C12H16O4.